The Morgan fingerprint density at radius 3 is 2.64 bits per heavy atom. The van der Waals surface area contributed by atoms with Crippen LogP contribution in [0.15, 0.2) is 45.7 Å². The van der Waals surface area contributed by atoms with Crippen LogP contribution in [0.4, 0.5) is 0 Å². The number of piperidine rings is 1. The van der Waals surface area contributed by atoms with Crippen molar-refractivity contribution in [3.05, 3.63) is 68.2 Å². The number of halogens is 1. The molecule has 6 rings (SSSR count). The molecule has 0 spiro atoms. The van der Waals surface area contributed by atoms with E-state index in [0.29, 0.717) is 11.3 Å². The quantitative estimate of drug-likeness (QED) is 0.408. The summed E-state index contributed by atoms with van der Waals surface area (Å²) in [5.41, 5.74) is 4.65. The second kappa shape index (κ2) is 9.70. The fourth-order valence-electron chi connectivity index (χ4n) is 6.85. The standard InChI is InChI=1S/C30H37BrN4O/c1-3-5-13-30(4-2)23-10-9-22(21-11-14-34(15-12-21)19-20-17-32-18-20)16-26(23)35-25-8-6-7-24(31)27(25)28(36)33-29(30)35/h6-10,16,20-21,32H,3-5,11-15,17-19H2,1-2H3. The first-order valence-electron chi connectivity index (χ1n) is 13.9. The molecule has 3 aliphatic rings. The van der Waals surface area contributed by atoms with Gasteiger partial charge in [-0.3, -0.25) is 9.36 Å². The number of unbranched alkanes of at least 4 members (excludes halogenated alkanes) is 1. The average molecular weight is 550 g/mol. The van der Waals surface area contributed by atoms with Crippen LogP contribution in [0.2, 0.25) is 0 Å². The van der Waals surface area contributed by atoms with E-state index >= 15 is 0 Å². The van der Waals surface area contributed by atoms with Crippen LogP contribution in [-0.4, -0.2) is 47.2 Å². The molecule has 0 saturated carbocycles. The lowest BCUT2D eigenvalue weighted by Crippen LogP contribution is -2.49. The monoisotopic (exact) mass is 548 g/mol. The lowest BCUT2D eigenvalue weighted by atomic mass is 9.74. The molecule has 3 aromatic rings. The number of rotatable bonds is 7. The first-order valence-corrected chi connectivity index (χ1v) is 14.6. The van der Waals surface area contributed by atoms with Gasteiger partial charge in [-0.2, -0.15) is 4.98 Å². The van der Waals surface area contributed by atoms with Gasteiger partial charge in [0.15, 0.2) is 0 Å². The Labute approximate surface area is 222 Å². The molecular formula is C30H37BrN4O. The smallest absolute Gasteiger partial charge is 0.281 e. The van der Waals surface area contributed by atoms with Crippen LogP contribution in [0.1, 0.15) is 75.2 Å². The minimum absolute atomic E-state index is 0.125. The number of hydrogen-bond acceptors (Lipinski definition) is 4. The molecule has 1 aromatic heterocycles. The Hall–Kier alpha value is -2.02. The fourth-order valence-corrected chi connectivity index (χ4v) is 7.37. The van der Waals surface area contributed by atoms with Crippen molar-refractivity contribution in [1.29, 1.82) is 0 Å². The highest BCUT2D eigenvalue weighted by atomic mass is 79.9. The van der Waals surface area contributed by atoms with Crippen molar-refractivity contribution >= 4 is 26.8 Å². The van der Waals surface area contributed by atoms with Crippen molar-refractivity contribution < 1.29 is 0 Å². The average Bonchev–Trinajstić information content (AvgIpc) is 3.14. The lowest BCUT2D eigenvalue weighted by Gasteiger charge is -2.37. The predicted molar refractivity (Wildman–Crippen MR) is 150 cm³/mol. The maximum Gasteiger partial charge on any atom is 0.281 e. The van der Waals surface area contributed by atoms with Crippen LogP contribution >= 0.6 is 15.9 Å². The molecule has 1 N–H and O–H groups in total. The second-order valence-electron chi connectivity index (χ2n) is 11.1. The van der Waals surface area contributed by atoms with Crippen LogP contribution in [0.3, 0.4) is 0 Å². The largest absolute Gasteiger partial charge is 0.316 e. The summed E-state index contributed by atoms with van der Waals surface area (Å²) >= 11 is 3.63. The summed E-state index contributed by atoms with van der Waals surface area (Å²) in [4.78, 5) is 20.7. The molecule has 3 aliphatic heterocycles. The summed E-state index contributed by atoms with van der Waals surface area (Å²) in [6.07, 6.45) is 6.65. The summed E-state index contributed by atoms with van der Waals surface area (Å²) in [5.74, 6) is 2.36. The van der Waals surface area contributed by atoms with E-state index in [1.165, 1.54) is 62.4 Å². The molecule has 1 atom stereocenters. The number of nitrogens with zero attached hydrogens (tertiary/aromatic N) is 3. The first kappa shape index (κ1) is 24.3. The topological polar surface area (TPSA) is 50.2 Å². The molecule has 190 valence electrons. The SMILES string of the molecule is CCCCC1(CC)c2ccc(C3CCN(CC4CNC4)CC3)cc2-n2c1nc(=O)c1c(Br)cccc12. The Morgan fingerprint density at radius 1 is 1.14 bits per heavy atom. The highest BCUT2D eigenvalue weighted by Gasteiger charge is 2.44. The van der Waals surface area contributed by atoms with E-state index in [4.69, 9.17) is 4.98 Å². The van der Waals surface area contributed by atoms with Crippen LogP contribution in [0.25, 0.3) is 16.6 Å². The van der Waals surface area contributed by atoms with Crippen molar-refractivity contribution in [2.75, 3.05) is 32.7 Å². The van der Waals surface area contributed by atoms with Crippen molar-refractivity contribution in [2.24, 2.45) is 5.92 Å². The van der Waals surface area contributed by atoms with E-state index in [9.17, 15) is 4.79 Å². The van der Waals surface area contributed by atoms with Gasteiger partial charge in [-0.1, -0.05) is 44.9 Å². The molecule has 0 aliphatic carbocycles. The maximum atomic E-state index is 13.3. The highest BCUT2D eigenvalue weighted by molar-refractivity contribution is 9.10. The van der Waals surface area contributed by atoms with Gasteiger partial charge in [0, 0.05) is 24.1 Å². The van der Waals surface area contributed by atoms with Gasteiger partial charge in [0.1, 0.15) is 5.82 Å². The van der Waals surface area contributed by atoms with Crippen molar-refractivity contribution in [3.63, 3.8) is 0 Å². The zero-order valence-electron chi connectivity index (χ0n) is 21.5. The maximum absolute atomic E-state index is 13.3. The van der Waals surface area contributed by atoms with Gasteiger partial charge in [-0.15, -0.1) is 0 Å². The van der Waals surface area contributed by atoms with Gasteiger partial charge < -0.3 is 10.2 Å². The molecule has 1 unspecified atom stereocenters. The third kappa shape index (κ3) is 3.88. The van der Waals surface area contributed by atoms with E-state index < -0.39 is 0 Å². The van der Waals surface area contributed by atoms with Gasteiger partial charge in [0.25, 0.3) is 5.56 Å². The Morgan fingerprint density at radius 2 is 1.94 bits per heavy atom. The minimum Gasteiger partial charge on any atom is -0.316 e. The Bertz CT molecular complexity index is 1340. The molecule has 0 bridgehead atoms. The first-order chi connectivity index (χ1) is 17.6. The Balaban J connectivity index is 1.43. The third-order valence-electron chi connectivity index (χ3n) is 9.07. The van der Waals surface area contributed by atoms with E-state index in [2.05, 4.69) is 68.8 Å². The number of benzene rings is 2. The van der Waals surface area contributed by atoms with Crippen LogP contribution < -0.4 is 10.9 Å². The van der Waals surface area contributed by atoms with Gasteiger partial charge in [-0.25, -0.2) is 0 Å². The Kier molecular flexibility index (Phi) is 6.55. The number of hydrogen-bond donors (Lipinski definition) is 1. The van der Waals surface area contributed by atoms with Crippen LogP contribution in [0.5, 0.6) is 0 Å². The van der Waals surface area contributed by atoms with E-state index in [1.807, 2.05) is 12.1 Å². The zero-order valence-corrected chi connectivity index (χ0v) is 23.1. The molecule has 4 heterocycles. The summed E-state index contributed by atoms with van der Waals surface area (Å²) in [5, 5.41) is 4.08. The normalized spacial score (nSPS) is 22.5. The van der Waals surface area contributed by atoms with Crippen molar-refractivity contribution in [3.8, 4) is 5.69 Å². The summed E-state index contributed by atoms with van der Waals surface area (Å²) in [6.45, 7) is 10.5. The zero-order chi connectivity index (χ0) is 24.9. The van der Waals surface area contributed by atoms with Gasteiger partial charge in [0.2, 0.25) is 0 Å². The second-order valence-corrected chi connectivity index (χ2v) is 12.0. The lowest BCUT2D eigenvalue weighted by molar-refractivity contribution is 0.158. The van der Waals surface area contributed by atoms with Gasteiger partial charge in [-0.05, 0) is 95.9 Å². The molecule has 0 radical (unpaired) electrons. The van der Waals surface area contributed by atoms with Gasteiger partial charge >= 0.3 is 0 Å². The third-order valence-corrected chi connectivity index (χ3v) is 9.73. The predicted octanol–water partition coefficient (Wildman–Crippen LogP) is 5.75. The van der Waals surface area contributed by atoms with E-state index in [1.54, 1.807) is 0 Å². The number of fused-ring (bicyclic) bond motifs is 5. The van der Waals surface area contributed by atoms with E-state index in [0.717, 1.165) is 47.4 Å². The fraction of sp³-hybridized carbons (Fsp3) is 0.533. The molecule has 2 aromatic carbocycles. The summed E-state index contributed by atoms with van der Waals surface area (Å²) < 4.78 is 3.14. The highest BCUT2D eigenvalue weighted by Crippen LogP contribution is 2.49. The minimum atomic E-state index is -0.209. The molecular weight excluding hydrogens is 512 g/mol. The summed E-state index contributed by atoms with van der Waals surface area (Å²) in [7, 11) is 0. The number of likely N-dealkylation sites (tertiary alicyclic amines) is 1. The molecule has 6 heteroatoms. The molecule has 0 amide bonds. The molecule has 36 heavy (non-hydrogen) atoms. The van der Waals surface area contributed by atoms with Gasteiger partial charge in [0.05, 0.1) is 22.0 Å². The van der Waals surface area contributed by atoms with Crippen LogP contribution in [0, 0.1) is 5.92 Å². The van der Waals surface area contributed by atoms with Crippen LogP contribution in [-0.2, 0) is 5.41 Å². The molecule has 2 fully saturated rings. The van der Waals surface area contributed by atoms with Crippen molar-refractivity contribution in [2.45, 2.75) is 63.7 Å². The molecule has 5 nitrogen and oxygen atoms in total. The van der Waals surface area contributed by atoms with E-state index in [-0.39, 0.29) is 11.0 Å². The number of nitrogens with one attached hydrogen (secondary N) is 1. The summed E-state index contributed by atoms with van der Waals surface area (Å²) in [6, 6.07) is 13.3. The number of aromatic nitrogens is 2. The van der Waals surface area contributed by atoms with Crippen molar-refractivity contribution in [1.82, 2.24) is 19.8 Å². The molecule has 2 saturated heterocycles.